The topological polar surface area (TPSA) is 63.4 Å². The van der Waals surface area contributed by atoms with Gasteiger partial charge in [0.1, 0.15) is 0 Å². The Bertz CT molecular complexity index is 528. The van der Waals surface area contributed by atoms with Crippen LogP contribution >= 0.6 is 11.6 Å². The van der Waals surface area contributed by atoms with Crippen LogP contribution in [0.3, 0.4) is 0 Å². The van der Waals surface area contributed by atoms with E-state index in [2.05, 4.69) is 0 Å². The monoisotopic (exact) mass is 266 g/mol. The van der Waals surface area contributed by atoms with Crippen molar-refractivity contribution in [3.05, 3.63) is 28.3 Å². The summed E-state index contributed by atoms with van der Waals surface area (Å²) in [5.41, 5.74) is 7.89. The zero-order valence-corrected chi connectivity index (χ0v) is 11.1. The highest BCUT2D eigenvalue weighted by Gasteiger charge is 2.34. The zero-order chi connectivity index (χ0) is 13.4. The Morgan fingerprint density at radius 3 is 2.61 bits per heavy atom. The zero-order valence-electron chi connectivity index (χ0n) is 10.4. The number of aryl methyl sites for hydroxylation is 2. The molecule has 96 valence electrons. The molecule has 1 aliphatic heterocycles. The van der Waals surface area contributed by atoms with Crippen molar-refractivity contribution in [2.75, 3.05) is 11.4 Å². The summed E-state index contributed by atoms with van der Waals surface area (Å²) in [7, 11) is 0. The van der Waals surface area contributed by atoms with Crippen LogP contribution in [0.25, 0.3) is 0 Å². The molecule has 5 heteroatoms. The summed E-state index contributed by atoms with van der Waals surface area (Å²) < 4.78 is 0. The van der Waals surface area contributed by atoms with Crippen LogP contribution in [0.15, 0.2) is 12.1 Å². The molecular weight excluding hydrogens is 252 g/mol. The predicted molar refractivity (Wildman–Crippen MR) is 70.6 cm³/mol. The maximum atomic E-state index is 11.9. The van der Waals surface area contributed by atoms with Crippen molar-refractivity contribution in [2.45, 2.75) is 20.3 Å². The molecule has 2 N–H and O–H groups in total. The van der Waals surface area contributed by atoms with Crippen LogP contribution in [0.5, 0.6) is 0 Å². The Labute approximate surface area is 111 Å². The van der Waals surface area contributed by atoms with E-state index in [0.29, 0.717) is 11.6 Å². The van der Waals surface area contributed by atoms with Crippen LogP contribution < -0.4 is 10.6 Å². The van der Waals surface area contributed by atoms with Crippen molar-refractivity contribution in [3.63, 3.8) is 0 Å². The lowest BCUT2D eigenvalue weighted by Crippen LogP contribution is -2.28. The molecule has 0 spiro atoms. The summed E-state index contributed by atoms with van der Waals surface area (Å²) in [4.78, 5) is 24.7. The van der Waals surface area contributed by atoms with Crippen LogP contribution in [0.4, 0.5) is 5.69 Å². The van der Waals surface area contributed by atoms with Crippen LogP contribution in [-0.2, 0) is 9.59 Å². The van der Waals surface area contributed by atoms with E-state index < -0.39 is 11.8 Å². The number of halogens is 1. The molecule has 2 amide bonds. The van der Waals surface area contributed by atoms with Crippen LogP contribution in [0, 0.1) is 19.8 Å². The summed E-state index contributed by atoms with van der Waals surface area (Å²) in [5.74, 6) is -0.884. The van der Waals surface area contributed by atoms with Crippen molar-refractivity contribution in [1.29, 1.82) is 0 Å². The molecule has 1 unspecified atom stereocenters. The maximum absolute atomic E-state index is 11.9. The molecule has 0 saturated carbocycles. The SMILES string of the molecule is Cc1cc(N2CC(C(N)=O)CC2=O)c(C)cc1Cl. The number of hydrogen-bond donors (Lipinski definition) is 1. The summed E-state index contributed by atoms with van der Waals surface area (Å²) in [5, 5.41) is 0.675. The van der Waals surface area contributed by atoms with E-state index in [1.165, 1.54) is 0 Å². The van der Waals surface area contributed by atoms with Gasteiger partial charge in [-0.3, -0.25) is 9.59 Å². The molecule has 0 bridgehead atoms. The second-order valence-electron chi connectivity index (χ2n) is 4.70. The molecule has 1 saturated heterocycles. The van der Waals surface area contributed by atoms with E-state index in [1.54, 1.807) is 4.90 Å². The minimum Gasteiger partial charge on any atom is -0.369 e. The van der Waals surface area contributed by atoms with Gasteiger partial charge in [-0.1, -0.05) is 11.6 Å². The number of carbonyl (C=O) groups is 2. The van der Waals surface area contributed by atoms with Crippen molar-refractivity contribution in [1.82, 2.24) is 0 Å². The smallest absolute Gasteiger partial charge is 0.227 e. The number of benzene rings is 1. The molecular formula is C13H15ClN2O2. The van der Waals surface area contributed by atoms with E-state index in [9.17, 15) is 9.59 Å². The van der Waals surface area contributed by atoms with Gasteiger partial charge in [0, 0.05) is 23.7 Å². The third-order valence-corrected chi connectivity index (χ3v) is 3.70. The van der Waals surface area contributed by atoms with Gasteiger partial charge in [0.05, 0.1) is 5.92 Å². The second-order valence-corrected chi connectivity index (χ2v) is 5.10. The first-order valence-corrected chi connectivity index (χ1v) is 6.14. The van der Waals surface area contributed by atoms with Gasteiger partial charge in [-0.05, 0) is 37.1 Å². The first-order valence-electron chi connectivity index (χ1n) is 5.76. The van der Waals surface area contributed by atoms with Crippen LogP contribution in [0.2, 0.25) is 5.02 Å². The molecule has 1 atom stereocenters. The molecule has 2 rings (SSSR count). The van der Waals surface area contributed by atoms with Gasteiger partial charge in [-0.25, -0.2) is 0 Å². The van der Waals surface area contributed by atoms with Crippen molar-refractivity contribution in [2.24, 2.45) is 11.7 Å². The fraction of sp³-hybridized carbons (Fsp3) is 0.385. The lowest BCUT2D eigenvalue weighted by molar-refractivity contribution is -0.123. The molecule has 1 fully saturated rings. The van der Waals surface area contributed by atoms with Gasteiger partial charge in [0.2, 0.25) is 11.8 Å². The molecule has 1 aromatic rings. The van der Waals surface area contributed by atoms with Gasteiger partial charge in [0.15, 0.2) is 0 Å². The maximum Gasteiger partial charge on any atom is 0.227 e. The molecule has 4 nitrogen and oxygen atoms in total. The Hall–Kier alpha value is -1.55. The molecule has 0 aromatic heterocycles. The number of primary amides is 1. The van der Waals surface area contributed by atoms with E-state index >= 15 is 0 Å². The third-order valence-electron chi connectivity index (χ3n) is 3.30. The summed E-state index contributed by atoms with van der Waals surface area (Å²) >= 11 is 6.03. The normalized spacial score (nSPS) is 19.4. The van der Waals surface area contributed by atoms with E-state index in [4.69, 9.17) is 17.3 Å². The molecule has 0 radical (unpaired) electrons. The van der Waals surface area contributed by atoms with Gasteiger partial charge in [-0.2, -0.15) is 0 Å². The number of nitrogens with zero attached hydrogens (tertiary/aromatic N) is 1. The number of amides is 2. The fourth-order valence-electron chi connectivity index (χ4n) is 2.19. The number of rotatable bonds is 2. The third kappa shape index (κ3) is 2.20. The quantitative estimate of drug-likeness (QED) is 0.887. The molecule has 0 aliphatic carbocycles. The van der Waals surface area contributed by atoms with Gasteiger partial charge in [-0.15, -0.1) is 0 Å². The second kappa shape index (κ2) is 4.61. The Kier molecular flexibility index (Phi) is 3.30. The fourth-order valence-corrected chi connectivity index (χ4v) is 2.41. The van der Waals surface area contributed by atoms with E-state index in [-0.39, 0.29) is 12.3 Å². The number of anilines is 1. The molecule has 1 aromatic carbocycles. The highest BCUT2D eigenvalue weighted by Crippen LogP contribution is 2.31. The highest BCUT2D eigenvalue weighted by molar-refractivity contribution is 6.31. The van der Waals surface area contributed by atoms with Crippen LogP contribution in [-0.4, -0.2) is 18.4 Å². The van der Waals surface area contributed by atoms with Gasteiger partial charge in [0.25, 0.3) is 0 Å². The average molecular weight is 267 g/mol. The predicted octanol–water partition coefficient (Wildman–Crippen LogP) is 1.80. The van der Waals surface area contributed by atoms with Crippen LogP contribution in [0.1, 0.15) is 17.5 Å². The van der Waals surface area contributed by atoms with Crippen molar-refractivity contribution < 1.29 is 9.59 Å². The molecule has 1 aliphatic rings. The Balaban J connectivity index is 2.35. The summed E-state index contributed by atoms with van der Waals surface area (Å²) in [6.45, 7) is 4.14. The lowest BCUT2D eigenvalue weighted by Gasteiger charge is -2.20. The number of nitrogens with two attached hydrogens (primary N) is 1. The van der Waals surface area contributed by atoms with Crippen molar-refractivity contribution >= 4 is 29.1 Å². The number of carbonyl (C=O) groups excluding carboxylic acids is 2. The largest absolute Gasteiger partial charge is 0.369 e. The van der Waals surface area contributed by atoms with E-state index in [0.717, 1.165) is 16.8 Å². The van der Waals surface area contributed by atoms with Gasteiger partial charge >= 0.3 is 0 Å². The standard InChI is InChI=1S/C13H15ClN2O2/c1-7-4-11(8(2)3-10(7)14)16-6-9(13(15)18)5-12(16)17/h3-4,9H,5-6H2,1-2H3,(H2,15,18). The first-order chi connectivity index (χ1) is 8.40. The average Bonchev–Trinajstić information content (AvgIpc) is 2.66. The lowest BCUT2D eigenvalue weighted by atomic mass is 10.1. The first kappa shape index (κ1) is 12.9. The Morgan fingerprint density at radius 1 is 1.39 bits per heavy atom. The summed E-state index contributed by atoms with van der Waals surface area (Å²) in [6.07, 6.45) is 0.191. The minimum absolute atomic E-state index is 0.0661. The number of hydrogen-bond acceptors (Lipinski definition) is 2. The Morgan fingerprint density at radius 2 is 2.06 bits per heavy atom. The highest BCUT2D eigenvalue weighted by atomic mass is 35.5. The van der Waals surface area contributed by atoms with E-state index in [1.807, 2.05) is 26.0 Å². The molecule has 18 heavy (non-hydrogen) atoms. The van der Waals surface area contributed by atoms with Crippen molar-refractivity contribution in [3.8, 4) is 0 Å². The minimum atomic E-state index is -0.422. The molecule has 1 heterocycles. The van der Waals surface area contributed by atoms with Gasteiger partial charge < -0.3 is 10.6 Å². The summed E-state index contributed by atoms with van der Waals surface area (Å²) in [6, 6.07) is 3.70.